The normalized spacial score (nSPS) is 12.9. The Hall–Kier alpha value is -2.09. The largest absolute Gasteiger partial charge is 0.231 e. The molecule has 0 spiro atoms. The van der Waals surface area contributed by atoms with Crippen molar-refractivity contribution in [3.05, 3.63) is 59.7 Å². The number of hydrogen-bond donors (Lipinski definition) is 0. The van der Waals surface area contributed by atoms with Gasteiger partial charge in [-0.05, 0) is 30.2 Å². The highest BCUT2D eigenvalue weighted by Crippen LogP contribution is 2.30. The topological polar surface area (TPSA) is 26.5 Å². The van der Waals surface area contributed by atoms with E-state index in [0.29, 0.717) is 0 Å². The number of amidine groups is 1. The van der Waals surface area contributed by atoms with E-state index in [1.807, 2.05) is 24.3 Å². The summed E-state index contributed by atoms with van der Waals surface area (Å²) in [5, 5.41) is 4.54. The third-order valence-corrected chi connectivity index (χ3v) is 2.99. The van der Waals surface area contributed by atoms with Gasteiger partial charge in [0.25, 0.3) is 0 Å². The average molecular weight is 221 g/mol. The van der Waals surface area contributed by atoms with Crippen LogP contribution in [0.2, 0.25) is 0 Å². The summed E-state index contributed by atoms with van der Waals surface area (Å²) < 4.78 is 0. The van der Waals surface area contributed by atoms with Crippen molar-refractivity contribution in [2.24, 2.45) is 4.99 Å². The van der Waals surface area contributed by atoms with E-state index >= 15 is 0 Å². The quantitative estimate of drug-likeness (QED) is 0.742. The Morgan fingerprint density at radius 1 is 0.882 bits per heavy atom. The minimum Gasteiger partial charge on any atom is -0.231 e. The first-order chi connectivity index (χ1) is 8.33. The zero-order chi connectivity index (χ0) is 11.7. The third-order valence-electron chi connectivity index (χ3n) is 2.99. The monoisotopic (exact) mass is 221 g/mol. The van der Waals surface area contributed by atoms with Gasteiger partial charge in [-0.25, -0.2) is 10.3 Å². The number of benzene rings is 2. The van der Waals surface area contributed by atoms with Gasteiger partial charge in [0.15, 0.2) is 0 Å². The smallest absolute Gasteiger partial charge is 0.134 e. The van der Waals surface area contributed by atoms with Crippen LogP contribution < -0.4 is 5.32 Å². The first-order valence-corrected chi connectivity index (χ1v) is 5.76. The molecule has 2 nitrogen and oxygen atoms in total. The molecule has 0 aromatic heterocycles. The summed E-state index contributed by atoms with van der Waals surface area (Å²) in [6.45, 7) is 2.12. The lowest BCUT2D eigenvalue weighted by Gasteiger charge is -2.04. The summed E-state index contributed by atoms with van der Waals surface area (Å²) in [4.78, 5) is 4.54. The minimum absolute atomic E-state index is 0.807. The molecule has 0 saturated heterocycles. The molecule has 2 aromatic rings. The summed E-state index contributed by atoms with van der Waals surface area (Å²) in [5.74, 6) is 0.903. The Morgan fingerprint density at radius 2 is 1.59 bits per heavy atom. The number of hydrogen-bond acceptors (Lipinski definition) is 1. The lowest BCUT2D eigenvalue weighted by atomic mass is 10.1. The van der Waals surface area contributed by atoms with Crippen LogP contribution in [-0.2, 0) is 6.42 Å². The van der Waals surface area contributed by atoms with Crippen LogP contribution in [0.1, 0.15) is 11.1 Å². The standard InChI is InChI=1S/C15H13N2/c1-11-6-2-3-7-12(11)10-15-16-13-8-4-5-9-14(13)17-15/h2-9H,10H2,1H3. The second-order valence-corrected chi connectivity index (χ2v) is 4.23. The Kier molecular flexibility index (Phi) is 2.41. The lowest BCUT2D eigenvalue weighted by molar-refractivity contribution is 1.17. The Morgan fingerprint density at radius 3 is 2.35 bits per heavy atom. The fourth-order valence-electron chi connectivity index (χ4n) is 2.01. The van der Waals surface area contributed by atoms with E-state index in [-0.39, 0.29) is 0 Å². The molecule has 0 aliphatic carbocycles. The van der Waals surface area contributed by atoms with Crippen LogP contribution in [0.4, 0.5) is 11.4 Å². The number of para-hydroxylation sites is 2. The van der Waals surface area contributed by atoms with E-state index < -0.39 is 0 Å². The molecule has 0 saturated carbocycles. The molecule has 1 aliphatic heterocycles. The molecule has 2 heteroatoms. The molecule has 1 radical (unpaired) electrons. The summed E-state index contributed by atoms with van der Waals surface area (Å²) >= 11 is 0. The second kappa shape index (κ2) is 4.06. The highest BCUT2D eigenvalue weighted by molar-refractivity contribution is 5.97. The van der Waals surface area contributed by atoms with Gasteiger partial charge in [-0.15, -0.1) is 0 Å². The van der Waals surface area contributed by atoms with Gasteiger partial charge < -0.3 is 0 Å². The van der Waals surface area contributed by atoms with Crippen LogP contribution in [0.5, 0.6) is 0 Å². The maximum atomic E-state index is 4.54. The fourth-order valence-corrected chi connectivity index (χ4v) is 2.01. The molecule has 2 aromatic carbocycles. The van der Waals surface area contributed by atoms with E-state index in [2.05, 4.69) is 41.5 Å². The van der Waals surface area contributed by atoms with Gasteiger partial charge >= 0.3 is 0 Å². The van der Waals surface area contributed by atoms with Crippen molar-refractivity contribution in [1.29, 1.82) is 0 Å². The predicted octanol–water partition coefficient (Wildman–Crippen LogP) is 3.52. The molecule has 0 bridgehead atoms. The molecule has 1 aliphatic rings. The van der Waals surface area contributed by atoms with E-state index in [4.69, 9.17) is 0 Å². The molecule has 83 valence electrons. The Balaban J connectivity index is 1.84. The third kappa shape index (κ3) is 1.94. The SMILES string of the molecule is Cc1ccccc1CC1=Nc2ccccc2[N]1. The second-order valence-electron chi connectivity index (χ2n) is 4.23. The molecule has 0 N–H and O–H groups in total. The van der Waals surface area contributed by atoms with Crippen LogP contribution in [-0.4, -0.2) is 5.84 Å². The van der Waals surface area contributed by atoms with Crippen molar-refractivity contribution >= 4 is 17.2 Å². The highest BCUT2D eigenvalue weighted by atomic mass is 15.1. The number of aryl methyl sites for hydroxylation is 1. The van der Waals surface area contributed by atoms with Gasteiger partial charge in [0.2, 0.25) is 0 Å². The predicted molar refractivity (Wildman–Crippen MR) is 70.2 cm³/mol. The van der Waals surface area contributed by atoms with Gasteiger partial charge in [0.1, 0.15) is 5.84 Å². The van der Waals surface area contributed by atoms with Crippen molar-refractivity contribution in [3.8, 4) is 0 Å². The molecule has 1 heterocycles. The van der Waals surface area contributed by atoms with Crippen LogP contribution >= 0.6 is 0 Å². The number of aliphatic imine (C=N–C) groups is 1. The zero-order valence-corrected chi connectivity index (χ0v) is 9.72. The summed E-state index contributed by atoms with van der Waals surface area (Å²) in [5.41, 5.74) is 4.55. The molecular weight excluding hydrogens is 208 g/mol. The minimum atomic E-state index is 0.807. The Labute approximate surface area is 101 Å². The van der Waals surface area contributed by atoms with E-state index in [9.17, 15) is 0 Å². The van der Waals surface area contributed by atoms with E-state index in [0.717, 1.165) is 23.6 Å². The van der Waals surface area contributed by atoms with Gasteiger partial charge in [-0.1, -0.05) is 36.4 Å². The van der Waals surface area contributed by atoms with Gasteiger partial charge in [-0.2, -0.15) is 0 Å². The lowest BCUT2D eigenvalue weighted by Crippen LogP contribution is -2.10. The van der Waals surface area contributed by atoms with Crippen molar-refractivity contribution in [3.63, 3.8) is 0 Å². The molecule has 0 fully saturated rings. The van der Waals surface area contributed by atoms with E-state index in [1.165, 1.54) is 11.1 Å². The first-order valence-electron chi connectivity index (χ1n) is 5.76. The van der Waals surface area contributed by atoms with Crippen molar-refractivity contribution in [2.45, 2.75) is 13.3 Å². The van der Waals surface area contributed by atoms with Crippen molar-refractivity contribution in [2.75, 3.05) is 0 Å². The van der Waals surface area contributed by atoms with Gasteiger partial charge in [0, 0.05) is 6.42 Å². The molecular formula is C15H13N2. The maximum Gasteiger partial charge on any atom is 0.134 e. The summed E-state index contributed by atoms with van der Waals surface area (Å²) in [7, 11) is 0. The summed E-state index contributed by atoms with van der Waals surface area (Å²) in [6, 6.07) is 16.4. The fraction of sp³-hybridized carbons (Fsp3) is 0.133. The molecule has 0 amide bonds. The first kappa shape index (κ1) is 10.1. The average Bonchev–Trinajstić information content (AvgIpc) is 2.74. The Bertz CT molecular complexity index is 585. The van der Waals surface area contributed by atoms with Gasteiger partial charge in [-0.3, -0.25) is 0 Å². The number of rotatable bonds is 2. The maximum absolute atomic E-state index is 4.54. The van der Waals surface area contributed by atoms with Gasteiger partial charge in [0.05, 0.1) is 11.4 Å². The highest BCUT2D eigenvalue weighted by Gasteiger charge is 2.15. The van der Waals surface area contributed by atoms with Crippen LogP contribution in [0.25, 0.3) is 0 Å². The van der Waals surface area contributed by atoms with Crippen LogP contribution in [0.3, 0.4) is 0 Å². The van der Waals surface area contributed by atoms with Crippen molar-refractivity contribution < 1.29 is 0 Å². The van der Waals surface area contributed by atoms with Crippen LogP contribution in [0, 0.1) is 6.92 Å². The van der Waals surface area contributed by atoms with E-state index in [1.54, 1.807) is 0 Å². The van der Waals surface area contributed by atoms with Crippen LogP contribution in [0.15, 0.2) is 53.5 Å². The van der Waals surface area contributed by atoms with Crippen molar-refractivity contribution in [1.82, 2.24) is 5.32 Å². The molecule has 0 atom stereocenters. The molecule has 0 unspecified atom stereocenters. The summed E-state index contributed by atoms with van der Waals surface area (Å²) in [6.07, 6.45) is 0.807. The molecule has 3 rings (SSSR count). The molecule has 17 heavy (non-hydrogen) atoms. The number of nitrogens with zero attached hydrogens (tertiary/aromatic N) is 2. The zero-order valence-electron chi connectivity index (χ0n) is 9.72. The number of fused-ring (bicyclic) bond motifs is 1.